The van der Waals surface area contributed by atoms with Crippen LogP contribution in [0.2, 0.25) is 10.0 Å². The molecule has 0 radical (unpaired) electrons. The molecule has 3 rings (SSSR count). The predicted octanol–water partition coefficient (Wildman–Crippen LogP) is 5.96. The highest BCUT2D eigenvalue weighted by Crippen LogP contribution is 2.28. The lowest BCUT2D eigenvalue weighted by molar-refractivity contribution is -0.141. The fourth-order valence-corrected chi connectivity index (χ4v) is 6.07. The maximum absolute atomic E-state index is 14.0. The van der Waals surface area contributed by atoms with Crippen molar-refractivity contribution >= 4 is 50.7 Å². The predicted molar refractivity (Wildman–Crippen MR) is 173 cm³/mol. The summed E-state index contributed by atoms with van der Waals surface area (Å²) in [5, 5.41) is 3.75. The van der Waals surface area contributed by atoms with E-state index in [1.165, 1.54) is 16.3 Å². The molecule has 11 heteroatoms. The number of ether oxygens (including phenoxy) is 1. The lowest BCUT2D eigenvalue weighted by atomic mass is 10.0. The second kappa shape index (κ2) is 16.0. The third kappa shape index (κ3) is 10.2. The maximum atomic E-state index is 14.0. The molecule has 0 saturated carbocycles. The average molecular weight is 649 g/mol. The molecule has 8 nitrogen and oxygen atoms in total. The van der Waals surface area contributed by atoms with Crippen LogP contribution in [-0.4, -0.2) is 57.6 Å². The van der Waals surface area contributed by atoms with E-state index in [1.807, 2.05) is 44.2 Å². The molecule has 2 amide bonds. The van der Waals surface area contributed by atoms with Gasteiger partial charge in [-0.25, -0.2) is 8.42 Å². The van der Waals surface area contributed by atoms with E-state index in [4.69, 9.17) is 27.9 Å². The van der Waals surface area contributed by atoms with Crippen LogP contribution in [0, 0.1) is 5.92 Å². The molecule has 0 spiro atoms. The van der Waals surface area contributed by atoms with Crippen molar-refractivity contribution in [1.82, 2.24) is 10.2 Å². The van der Waals surface area contributed by atoms with Gasteiger partial charge in [0.25, 0.3) is 0 Å². The molecule has 3 aromatic rings. The van der Waals surface area contributed by atoms with Crippen molar-refractivity contribution < 1.29 is 22.7 Å². The van der Waals surface area contributed by atoms with E-state index in [0.29, 0.717) is 33.6 Å². The quantitative estimate of drug-likeness (QED) is 0.220. The highest BCUT2D eigenvalue weighted by molar-refractivity contribution is 7.92. The van der Waals surface area contributed by atoms with Crippen molar-refractivity contribution in [1.29, 1.82) is 0 Å². The van der Waals surface area contributed by atoms with Crippen molar-refractivity contribution in [3.63, 3.8) is 0 Å². The van der Waals surface area contributed by atoms with Crippen molar-refractivity contribution in [2.24, 2.45) is 5.92 Å². The molecular formula is C32H39Cl2N3O5S. The Kier molecular flexibility index (Phi) is 12.7. The Labute approximate surface area is 265 Å². The lowest BCUT2D eigenvalue weighted by Crippen LogP contribution is -2.51. The first-order valence-electron chi connectivity index (χ1n) is 14.1. The number of nitrogens with zero attached hydrogens (tertiary/aromatic N) is 2. The number of rotatable bonds is 15. The van der Waals surface area contributed by atoms with Crippen molar-refractivity contribution in [2.45, 2.75) is 45.7 Å². The third-order valence-corrected chi connectivity index (χ3v) is 8.74. The first kappa shape index (κ1) is 34.2. The summed E-state index contributed by atoms with van der Waals surface area (Å²) in [7, 11) is -2.15. The summed E-state index contributed by atoms with van der Waals surface area (Å²) in [4.78, 5) is 29.1. The molecule has 0 aromatic heterocycles. The van der Waals surface area contributed by atoms with Gasteiger partial charge in [0.1, 0.15) is 11.8 Å². The number of benzene rings is 3. The first-order valence-corrected chi connectivity index (χ1v) is 16.7. The minimum atomic E-state index is -3.65. The van der Waals surface area contributed by atoms with Crippen LogP contribution in [0.4, 0.5) is 5.69 Å². The van der Waals surface area contributed by atoms with Crippen LogP contribution in [0.5, 0.6) is 5.75 Å². The molecule has 232 valence electrons. The smallest absolute Gasteiger partial charge is 0.243 e. The molecule has 0 aliphatic heterocycles. The lowest BCUT2D eigenvalue weighted by Gasteiger charge is -2.32. The van der Waals surface area contributed by atoms with Crippen LogP contribution in [0.15, 0.2) is 72.8 Å². The van der Waals surface area contributed by atoms with E-state index in [9.17, 15) is 18.0 Å². The van der Waals surface area contributed by atoms with Crippen molar-refractivity contribution in [3.05, 3.63) is 94.0 Å². The topological polar surface area (TPSA) is 96.0 Å². The largest absolute Gasteiger partial charge is 0.497 e. The highest BCUT2D eigenvalue weighted by Gasteiger charge is 2.31. The third-order valence-electron chi connectivity index (χ3n) is 6.84. The summed E-state index contributed by atoms with van der Waals surface area (Å²) in [5.74, 6) is 0.113. The molecule has 0 heterocycles. The van der Waals surface area contributed by atoms with E-state index in [1.54, 1.807) is 42.5 Å². The Morgan fingerprint density at radius 3 is 2.21 bits per heavy atom. The molecule has 1 atom stereocenters. The van der Waals surface area contributed by atoms with E-state index in [2.05, 4.69) is 5.32 Å². The Morgan fingerprint density at radius 2 is 1.60 bits per heavy atom. The number of hydrogen-bond acceptors (Lipinski definition) is 5. The van der Waals surface area contributed by atoms with Crippen LogP contribution < -0.4 is 14.4 Å². The van der Waals surface area contributed by atoms with Crippen LogP contribution in [-0.2, 0) is 32.6 Å². The standard InChI is InChI=1S/C32H39Cl2N3O5S/c1-23(2)21-35-32(39)30(19-24-11-6-5-7-12-24)36(22-27-28(33)15-9-16-29(27)34)31(38)17-10-18-37(43(4,40)41)25-13-8-14-26(20-25)42-3/h5-9,11-16,20,23,30H,10,17-19,21-22H2,1-4H3,(H,35,39). The molecule has 1 N–H and O–H groups in total. The number of nitrogens with one attached hydrogen (secondary N) is 1. The molecule has 43 heavy (non-hydrogen) atoms. The zero-order valence-corrected chi connectivity index (χ0v) is 27.3. The van der Waals surface area contributed by atoms with Gasteiger partial charge in [0, 0.05) is 54.2 Å². The fourth-order valence-electron chi connectivity index (χ4n) is 4.60. The van der Waals surface area contributed by atoms with Gasteiger partial charge in [-0.3, -0.25) is 13.9 Å². The van der Waals surface area contributed by atoms with Crippen LogP contribution in [0.25, 0.3) is 0 Å². The minimum absolute atomic E-state index is 0.00954. The first-order chi connectivity index (χ1) is 20.4. The maximum Gasteiger partial charge on any atom is 0.243 e. The van der Waals surface area contributed by atoms with Gasteiger partial charge in [-0.15, -0.1) is 0 Å². The Morgan fingerprint density at radius 1 is 0.953 bits per heavy atom. The number of amides is 2. The van der Waals surface area contributed by atoms with Crippen LogP contribution in [0.3, 0.4) is 0 Å². The van der Waals surface area contributed by atoms with Gasteiger partial charge >= 0.3 is 0 Å². The summed E-state index contributed by atoms with van der Waals surface area (Å²) in [6.45, 7) is 4.50. The zero-order valence-electron chi connectivity index (χ0n) is 24.9. The second-order valence-electron chi connectivity index (χ2n) is 10.7. The monoisotopic (exact) mass is 647 g/mol. The number of carbonyl (C=O) groups excluding carboxylic acids is 2. The number of methoxy groups -OCH3 is 1. The SMILES string of the molecule is COc1cccc(N(CCCC(=O)N(Cc2c(Cl)cccc2Cl)C(Cc2ccccc2)C(=O)NCC(C)C)S(C)(=O)=O)c1. The van der Waals surface area contributed by atoms with E-state index in [0.717, 1.165) is 11.8 Å². The Hall–Kier alpha value is -3.27. The Balaban J connectivity index is 1.93. The highest BCUT2D eigenvalue weighted by atomic mass is 35.5. The second-order valence-corrected chi connectivity index (χ2v) is 13.4. The van der Waals surface area contributed by atoms with Crippen molar-refractivity contribution in [3.8, 4) is 5.75 Å². The summed E-state index contributed by atoms with van der Waals surface area (Å²) in [6.07, 6.45) is 1.59. The Bertz CT molecular complexity index is 1470. The fraction of sp³-hybridized carbons (Fsp3) is 0.375. The number of hydrogen-bond donors (Lipinski definition) is 1. The number of anilines is 1. The van der Waals surface area contributed by atoms with E-state index in [-0.39, 0.29) is 50.1 Å². The summed E-state index contributed by atoms with van der Waals surface area (Å²) >= 11 is 13.0. The van der Waals surface area contributed by atoms with Crippen LogP contribution in [0.1, 0.15) is 37.8 Å². The van der Waals surface area contributed by atoms with Gasteiger partial charge in [-0.1, -0.05) is 79.5 Å². The molecule has 0 fully saturated rings. The van der Waals surface area contributed by atoms with Gasteiger partial charge in [-0.05, 0) is 42.2 Å². The summed E-state index contributed by atoms with van der Waals surface area (Å²) in [6, 6.07) is 20.4. The molecule has 0 bridgehead atoms. The summed E-state index contributed by atoms with van der Waals surface area (Å²) < 4.78 is 31.9. The molecule has 0 aliphatic rings. The molecule has 0 saturated heterocycles. The van der Waals surface area contributed by atoms with Gasteiger partial charge < -0.3 is 15.0 Å². The van der Waals surface area contributed by atoms with Gasteiger partial charge in [0.2, 0.25) is 21.8 Å². The van der Waals surface area contributed by atoms with Gasteiger partial charge in [0.15, 0.2) is 0 Å². The molecule has 0 aliphatic carbocycles. The van der Waals surface area contributed by atoms with E-state index < -0.39 is 16.1 Å². The van der Waals surface area contributed by atoms with Crippen molar-refractivity contribution in [2.75, 3.05) is 30.8 Å². The number of sulfonamides is 1. The van der Waals surface area contributed by atoms with E-state index >= 15 is 0 Å². The zero-order chi connectivity index (χ0) is 31.6. The average Bonchev–Trinajstić information content (AvgIpc) is 2.97. The van der Waals surface area contributed by atoms with Crippen LogP contribution >= 0.6 is 23.2 Å². The summed E-state index contributed by atoms with van der Waals surface area (Å²) in [5.41, 5.74) is 1.85. The van der Waals surface area contributed by atoms with Gasteiger partial charge in [-0.2, -0.15) is 0 Å². The molecular weight excluding hydrogens is 609 g/mol. The van der Waals surface area contributed by atoms with Gasteiger partial charge in [0.05, 0.1) is 19.1 Å². The minimum Gasteiger partial charge on any atom is -0.497 e. The normalized spacial score (nSPS) is 12.1. The number of halogens is 2. The molecule has 1 unspecified atom stereocenters. The molecule has 3 aromatic carbocycles. The number of carbonyl (C=O) groups is 2.